The molecule has 1 amide bonds. The highest BCUT2D eigenvalue weighted by Crippen LogP contribution is 2.28. The molecule has 0 radical (unpaired) electrons. The number of rotatable bonds is 3. The van der Waals surface area contributed by atoms with Gasteiger partial charge in [0.25, 0.3) is 11.5 Å². The minimum atomic E-state index is -0.0845. The number of aromatic nitrogens is 4. The Morgan fingerprint density at radius 3 is 2.77 bits per heavy atom. The minimum absolute atomic E-state index is 0.0180. The van der Waals surface area contributed by atoms with Crippen molar-refractivity contribution in [2.24, 2.45) is 0 Å². The van der Waals surface area contributed by atoms with E-state index in [0.29, 0.717) is 5.69 Å². The van der Waals surface area contributed by atoms with E-state index in [9.17, 15) is 9.59 Å². The molecule has 0 saturated heterocycles. The molecule has 5 rings (SSSR count). The molecule has 1 fully saturated rings. The van der Waals surface area contributed by atoms with E-state index in [1.54, 1.807) is 10.7 Å². The maximum absolute atomic E-state index is 12.9. The number of carbonyl (C=O) groups is 1. The van der Waals surface area contributed by atoms with Crippen molar-refractivity contribution in [3.05, 3.63) is 63.5 Å². The largest absolute Gasteiger partial charge is 0.348 e. The number of imidazole rings is 1. The highest BCUT2D eigenvalue weighted by atomic mass is 16.2. The fourth-order valence-electron chi connectivity index (χ4n) is 4.94. The molecule has 2 aliphatic carbocycles. The van der Waals surface area contributed by atoms with E-state index in [-0.39, 0.29) is 23.6 Å². The fourth-order valence-corrected chi connectivity index (χ4v) is 4.94. The third-order valence-corrected chi connectivity index (χ3v) is 6.53. The van der Waals surface area contributed by atoms with Crippen LogP contribution in [0.3, 0.4) is 0 Å². The molecule has 2 aliphatic rings. The molecule has 0 atom stereocenters. The number of aryl methyl sites for hydroxylation is 3. The molecule has 0 spiro atoms. The Balaban J connectivity index is 1.27. The third-order valence-electron chi connectivity index (χ3n) is 6.53. The molecular formula is C23H27N5O2. The lowest BCUT2D eigenvalue weighted by atomic mass is 9.90. The van der Waals surface area contributed by atoms with E-state index < -0.39 is 0 Å². The smallest absolute Gasteiger partial charge is 0.270 e. The van der Waals surface area contributed by atoms with Gasteiger partial charge in [-0.3, -0.25) is 14.0 Å². The van der Waals surface area contributed by atoms with Crippen LogP contribution >= 0.6 is 0 Å². The second kappa shape index (κ2) is 7.70. The first kappa shape index (κ1) is 19.0. The SMILES string of the molecule is Cc1nc2ccccn2c1C(=O)NC1CCC(n2nc3c(cc2=O)CCCC3)CC1. The summed E-state index contributed by atoms with van der Waals surface area (Å²) in [5.74, 6) is -0.0845. The summed E-state index contributed by atoms with van der Waals surface area (Å²) in [6, 6.07) is 7.74. The van der Waals surface area contributed by atoms with E-state index >= 15 is 0 Å². The molecule has 0 aliphatic heterocycles. The van der Waals surface area contributed by atoms with Gasteiger partial charge >= 0.3 is 0 Å². The topological polar surface area (TPSA) is 81.3 Å². The summed E-state index contributed by atoms with van der Waals surface area (Å²) >= 11 is 0. The molecule has 30 heavy (non-hydrogen) atoms. The Morgan fingerprint density at radius 1 is 1.13 bits per heavy atom. The maximum Gasteiger partial charge on any atom is 0.270 e. The molecule has 3 heterocycles. The molecule has 1 saturated carbocycles. The summed E-state index contributed by atoms with van der Waals surface area (Å²) in [6.45, 7) is 1.87. The van der Waals surface area contributed by atoms with E-state index in [1.165, 1.54) is 0 Å². The summed E-state index contributed by atoms with van der Waals surface area (Å²) in [5, 5.41) is 7.90. The van der Waals surface area contributed by atoms with Gasteiger partial charge in [0, 0.05) is 18.3 Å². The number of hydrogen-bond acceptors (Lipinski definition) is 4. The van der Waals surface area contributed by atoms with Crippen LogP contribution in [0.25, 0.3) is 5.65 Å². The Bertz CT molecular complexity index is 1150. The highest BCUT2D eigenvalue weighted by Gasteiger charge is 2.27. The van der Waals surface area contributed by atoms with Gasteiger partial charge in [-0.25, -0.2) is 9.67 Å². The van der Waals surface area contributed by atoms with Crippen LogP contribution in [0.15, 0.2) is 35.3 Å². The van der Waals surface area contributed by atoms with E-state index in [4.69, 9.17) is 5.10 Å². The second-order valence-electron chi connectivity index (χ2n) is 8.56. The lowest BCUT2D eigenvalue weighted by Gasteiger charge is -2.30. The molecule has 3 aromatic heterocycles. The van der Waals surface area contributed by atoms with Crippen LogP contribution in [0, 0.1) is 6.92 Å². The normalized spacial score (nSPS) is 21.4. The average Bonchev–Trinajstić information content (AvgIpc) is 3.09. The predicted octanol–water partition coefficient (Wildman–Crippen LogP) is 2.99. The Kier molecular flexibility index (Phi) is 4.89. The van der Waals surface area contributed by atoms with Gasteiger partial charge in [-0.05, 0) is 76.0 Å². The van der Waals surface area contributed by atoms with Crippen LogP contribution in [0.1, 0.15) is 72.0 Å². The number of fused-ring (bicyclic) bond motifs is 2. The molecule has 0 aromatic carbocycles. The Labute approximate surface area is 175 Å². The predicted molar refractivity (Wildman–Crippen MR) is 114 cm³/mol. The number of carbonyl (C=O) groups excluding carboxylic acids is 1. The number of amides is 1. The van der Waals surface area contributed by atoms with Crippen LogP contribution in [0.4, 0.5) is 0 Å². The minimum Gasteiger partial charge on any atom is -0.348 e. The Hall–Kier alpha value is -2.96. The van der Waals surface area contributed by atoms with Crippen molar-refractivity contribution in [3.63, 3.8) is 0 Å². The first-order valence-electron chi connectivity index (χ1n) is 11.0. The standard InChI is InChI=1S/C23H27N5O2/c1-15-22(27-13-5-4-8-20(27)24-15)23(30)25-17-9-11-18(12-10-17)28-21(29)14-16-6-2-3-7-19(16)26-28/h4-5,8,13-14,17-18H,2-3,6-7,9-12H2,1H3,(H,25,30). The quantitative estimate of drug-likeness (QED) is 0.726. The van der Waals surface area contributed by atoms with E-state index in [2.05, 4.69) is 10.3 Å². The first-order valence-corrected chi connectivity index (χ1v) is 11.0. The van der Waals surface area contributed by atoms with Gasteiger partial charge in [0.1, 0.15) is 11.3 Å². The Morgan fingerprint density at radius 2 is 1.93 bits per heavy atom. The summed E-state index contributed by atoms with van der Waals surface area (Å²) in [4.78, 5) is 30.0. The number of pyridine rings is 1. The summed E-state index contributed by atoms with van der Waals surface area (Å²) in [7, 11) is 0. The molecule has 156 valence electrons. The van der Waals surface area contributed by atoms with Gasteiger partial charge in [0.05, 0.1) is 17.4 Å². The van der Waals surface area contributed by atoms with Crippen molar-refractivity contribution < 1.29 is 4.79 Å². The monoisotopic (exact) mass is 405 g/mol. The van der Waals surface area contributed by atoms with E-state index in [1.807, 2.05) is 35.7 Å². The first-order chi connectivity index (χ1) is 14.6. The van der Waals surface area contributed by atoms with Gasteiger partial charge in [-0.1, -0.05) is 6.07 Å². The number of hydrogen-bond donors (Lipinski definition) is 1. The molecule has 0 unspecified atom stereocenters. The summed E-state index contributed by atoms with van der Waals surface area (Å²) < 4.78 is 3.55. The zero-order valence-electron chi connectivity index (χ0n) is 17.3. The van der Waals surface area contributed by atoms with Crippen LogP contribution in [0.5, 0.6) is 0 Å². The molecule has 3 aromatic rings. The van der Waals surface area contributed by atoms with Gasteiger partial charge in [0.15, 0.2) is 0 Å². The van der Waals surface area contributed by atoms with Crippen molar-refractivity contribution in [3.8, 4) is 0 Å². The second-order valence-corrected chi connectivity index (χ2v) is 8.56. The zero-order chi connectivity index (χ0) is 20.7. The van der Waals surface area contributed by atoms with Gasteiger partial charge in [-0.15, -0.1) is 0 Å². The van der Waals surface area contributed by atoms with Crippen molar-refractivity contribution in [1.82, 2.24) is 24.5 Å². The van der Waals surface area contributed by atoms with E-state index in [0.717, 1.165) is 74.0 Å². The molecule has 7 nitrogen and oxygen atoms in total. The van der Waals surface area contributed by atoms with Gasteiger partial charge in [0.2, 0.25) is 0 Å². The van der Waals surface area contributed by atoms with Crippen molar-refractivity contribution in [1.29, 1.82) is 0 Å². The zero-order valence-corrected chi connectivity index (χ0v) is 17.3. The molecule has 7 heteroatoms. The fraction of sp³-hybridized carbons (Fsp3) is 0.478. The van der Waals surface area contributed by atoms with Crippen LogP contribution in [0.2, 0.25) is 0 Å². The van der Waals surface area contributed by atoms with Crippen LogP contribution < -0.4 is 10.9 Å². The van der Waals surface area contributed by atoms with Crippen LogP contribution in [-0.2, 0) is 12.8 Å². The molecular weight excluding hydrogens is 378 g/mol. The molecule has 1 N–H and O–H groups in total. The average molecular weight is 406 g/mol. The van der Waals surface area contributed by atoms with Gasteiger partial charge in [-0.2, -0.15) is 5.10 Å². The van der Waals surface area contributed by atoms with Crippen molar-refractivity contribution in [2.75, 3.05) is 0 Å². The lowest BCUT2D eigenvalue weighted by molar-refractivity contribution is 0.0914. The van der Waals surface area contributed by atoms with Crippen molar-refractivity contribution >= 4 is 11.6 Å². The van der Waals surface area contributed by atoms with Crippen LogP contribution in [-0.4, -0.2) is 31.1 Å². The summed E-state index contributed by atoms with van der Waals surface area (Å²) in [6.07, 6.45) is 9.50. The van der Waals surface area contributed by atoms with Gasteiger partial charge < -0.3 is 5.32 Å². The van der Waals surface area contributed by atoms with Crippen molar-refractivity contribution in [2.45, 2.75) is 70.4 Å². The molecule has 0 bridgehead atoms. The highest BCUT2D eigenvalue weighted by molar-refractivity contribution is 5.94. The lowest BCUT2D eigenvalue weighted by Crippen LogP contribution is -2.40. The number of nitrogens with one attached hydrogen (secondary N) is 1. The number of nitrogens with zero attached hydrogens (tertiary/aromatic N) is 4. The maximum atomic E-state index is 12.9. The third kappa shape index (κ3) is 3.42. The summed E-state index contributed by atoms with van der Waals surface area (Å²) in [5.41, 5.74) is 4.36.